The van der Waals surface area contributed by atoms with Crippen LogP contribution in [0.1, 0.15) is 51.1 Å². The van der Waals surface area contributed by atoms with E-state index in [-0.39, 0.29) is 17.8 Å². The zero-order valence-corrected chi connectivity index (χ0v) is 20.8. The second kappa shape index (κ2) is 11.1. The van der Waals surface area contributed by atoms with Gasteiger partial charge in [-0.1, -0.05) is 60.9 Å². The molecule has 0 radical (unpaired) electrons. The minimum atomic E-state index is -0.291. The van der Waals surface area contributed by atoms with Crippen LogP contribution in [-0.4, -0.2) is 26.4 Å². The summed E-state index contributed by atoms with van der Waals surface area (Å²) in [6.45, 7) is 8.92. The molecule has 1 N–H and O–H groups in total. The van der Waals surface area contributed by atoms with Crippen LogP contribution in [0, 0.1) is 0 Å². The van der Waals surface area contributed by atoms with E-state index in [9.17, 15) is 4.79 Å². The van der Waals surface area contributed by atoms with E-state index in [0.717, 1.165) is 5.75 Å². The molecule has 9 heteroatoms. The highest BCUT2D eigenvalue weighted by molar-refractivity contribution is 7.99. The summed E-state index contributed by atoms with van der Waals surface area (Å²) < 4.78 is 8.04. The van der Waals surface area contributed by atoms with Crippen LogP contribution >= 0.6 is 35.0 Å². The molecule has 1 heterocycles. The first-order valence-corrected chi connectivity index (χ1v) is 12.1. The van der Waals surface area contributed by atoms with Crippen LogP contribution in [-0.2, 0) is 11.3 Å². The van der Waals surface area contributed by atoms with Gasteiger partial charge in [-0.15, -0.1) is 10.2 Å². The van der Waals surface area contributed by atoms with Crippen LogP contribution in [0.15, 0.2) is 47.6 Å². The van der Waals surface area contributed by atoms with E-state index in [4.69, 9.17) is 27.9 Å². The van der Waals surface area contributed by atoms with E-state index in [0.29, 0.717) is 39.2 Å². The lowest BCUT2D eigenvalue weighted by atomic mass is 10.0. The maximum atomic E-state index is 12.4. The summed E-state index contributed by atoms with van der Waals surface area (Å²) in [6.07, 6.45) is -0.291. The SMILES string of the molecule is CCn1c(SCC(=O)Nc2cc(Cl)ccc2Cl)nnc1C(C)Oc1ccc(C(C)C)cc1. The number of rotatable bonds is 9. The molecule has 0 saturated heterocycles. The van der Waals surface area contributed by atoms with Gasteiger partial charge in [0.1, 0.15) is 5.75 Å². The number of hydrogen-bond donors (Lipinski definition) is 1. The quantitative estimate of drug-likeness (QED) is 0.340. The number of halogens is 2. The van der Waals surface area contributed by atoms with Gasteiger partial charge in [-0.25, -0.2) is 0 Å². The van der Waals surface area contributed by atoms with Crippen LogP contribution in [0.5, 0.6) is 5.75 Å². The van der Waals surface area contributed by atoms with E-state index < -0.39 is 0 Å². The van der Waals surface area contributed by atoms with Crippen molar-refractivity contribution >= 4 is 46.6 Å². The predicted molar refractivity (Wildman–Crippen MR) is 131 cm³/mol. The van der Waals surface area contributed by atoms with E-state index in [2.05, 4.69) is 41.5 Å². The third kappa shape index (κ3) is 6.18. The van der Waals surface area contributed by atoms with Gasteiger partial charge in [0, 0.05) is 11.6 Å². The monoisotopic (exact) mass is 492 g/mol. The second-order valence-electron chi connectivity index (χ2n) is 7.53. The lowest BCUT2D eigenvalue weighted by Crippen LogP contribution is -2.15. The molecule has 1 atom stereocenters. The highest BCUT2D eigenvalue weighted by Crippen LogP contribution is 2.28. The van der Waals surface area contributed by atoms with Crippen molar-refractivity contribution in [3.05, 3.63) is 63.9 Å². The standard InChI is InChI=1S/C23H26Cl2N4O2S/c1-5-29-22(15(4)31-18-9-6-16(7-10-18)14(2)3)27-28-23(29)32-13-21(30)26-20-12-17(24)8-11-19(20)25/h6-12,14-15H,5,13H2,1-4H3,(H,26,30). The molecule has 0 aliphatic carbocycles. The van der Waals surface area contributed by atoms with Crippen LogP contribution in [0.4, 0.5) is 5.69 Å². The smallest absolute Gasteiger partial charge is 0.234 e. The van der Waals surface area contributed by atoms with Crippen molar-refractivity contribution in [2.45, 2.75) is 51.4 Å². The summed E-state index contributed by atoms with van der Waals surface area (Å²) in [4.78, 5) is 12.4. The first-order chi connectivity index (χ1) is 15.3. The molecule has 3 rings (SSSR count). The topological polar surface area (TPSA) is 69.0 Å². The number of hydrogen-bond acceptors (Lipinski definition) is 5. The Balaban J connectivity index is 1.63. The zero-order valence-electron chi connectivity index (χ0n) is 18.4. The summed E-state index contributed by atoms with van der Waals surface area (Å²) in [6, 6.07) is 13.0. The third-order valence-electron chi connectivity index (χ3n) is 4.82. The first-order valence-electron chi connectivity index (χ1n) is 10.4. The normalized spacial score (nSPS) is 12.1. The van der Waals surface area contributed by atoms with Gasteiger partial charge in [-0.3, -0.25) is 4.79 Å². The van der Waals surface area contributed by atoms with Crippen molar-refractivity contribution in [3.63, 3.8) is 0 Å². The summed E-state index contributed by atoms with van der Waals surface area (Å²) in [5.41, 5.74) is 1.74. The van der Waals surface area contributed by atoms with Crippen LogP contribution in [0.25, 0.3) is 0 Å². The van der Waals surface area contributed by atoms with Crippen molar-refractivity contribution in [3.8, 4) is 5.75 Å². The molecule has 32 heavy (non-hydrogen) atoms. The highest BCUT2D eigenvalue weighted by atomic mass is 35.5. The van der Waals surface area contributed by atoms with E-state index in [1.54, 1.807) is 18.2 Å². The molecule has 0 aliphatic rings. The molecule has 1 unspecified atom stereocenters. The number of anilines is 1. The number of ether oxygens (including phenoxy) is 1. The van der Waals surface area contributed by atoms with Crippen molar-refractivity contribution in [1.29, 1.82) is 0 Å². The zero-order chi connectivity index (χ0) is 23.3. The molecule has 2 aromatic carbocycles. The van der Waals surface area contributed by atoms with Gasteiger partial charge in [-0.2, -0.15) is 0 Å². The molecule has 0 spiro atoms. The number of benzene rings is 2. The van der Waals surface area contributed by atoms with Gasteiger partial charge in [0.2, 0.25) is 5.91 Å². The van der Waals surface area contributed by atoms with Gasteiger partial charge in [0.25, 0.3) is 0 Å². The number of nitrogens with one attached hydrogen (secondary N) is 1. The first kappa shape index (κ1) is 24.4. The third-order valence-corrected chi connectivity index (χ3v) is 6.35. The Bertz CT molecular complexity index is 1070. The lowest BCUT2D eigenvalue weighted by molar-refractivity contribution is -0.113. The average Bonchev–Trinajstić information content (AvgIpc) is 3.18. The highest BCUT2D eigenvalue weighted by Gasteiger charge is 2.20. The molecule has 1 aromatic heterocycles. The number of nitrogens with zero attached hydrogens (tertiary/aromatic N) is 3. The number of carbonyl (C=O) groups is 1. The second-order valence-corrected chi connectivity index (χ2v) is 9.32. The number of amides is 1. The number of thioether (sulfide) groups is 1. The predicted octanol–water partition coefficient (Wildman–Crippen LogP) is 6.60. The fraction of sp³-hybridized carbons (Fsp3) is 0.348. The van der Waals surface area contributed by atoms with Crippen molar-refractivity contribution in [2.75, 3.05) is 11.1 Å². The minimum absolute atomic E-state index is 0.160. The largest absolute Gasteiger partial charge is 0.483 e. The minimum Gasteiger partial charge on any atom is -0.483 e. The Kier molecular flexibility index (Phi) is 8.45. The summed E-state index contributed by atoms with van der Waals surface area (Å²) >= 11 is 13.4. The van der Waals surface area contributed by atoms with E-state index in [1.807, 2.05) is 30.5 Å². The number of aromatic nitrogens is 3. The Labute approximate surface area is 202 Å². The Morgan fingerprint density at radius 1 is 1.12 bits per heavy atom. The fourth-order valence-corrected chi connectivity index (χ4v) is 4.25. The Morgan fingerprint density at radius 3 is 2.50 bits per heavy atom. The maximum absolute atomic E-state index is 12.4. The van der Waals surface area contributed by atoms with Crippen molar-refractivity contribution < 1.29 is 9.53 Å². The molecular formula is C23H26Cl2N4O2S. The van der Waals surface area contributed by atoms with Crippen LogP contribution in [0.2, 0.25) is 10.0 Å². The molecule has 0 aliphatic heterocycles. The molecule has 0 bridgehead atoms. The molecule has 0 fully saturated rings. The van der Waals surface area contributed by atoms with Crippen LogP contribution < -0.4 is 10.1 Å². The van der Waals surface area contributed by atoms with E-state index >= 15 is 0 Å². The van der Waals surface area contributed by atoms with Gasteiger partial charge >= 0.3 is 0 Å². The maximum Gasteiger partial charge on any atom is 0.234 e. The van der Waals surface area contributed by atoms with Crippen LogP contribution in [0.3, 0.4) is 0 Å². The molecular weight excluding hydrogens is 467 g/mol. The fourth-order valence-electron chi connectivity index (χ4n) is 3.10. The Morgan fingerprint density at radius 2 is 1.84 bits per heavy atom. The van der Waals surface area contributed by atoms with Crippen molar-refractivity contribution in [1.82, 2.24) is 14.8 Å². The average molecular weight is 493 g/mol. The van der Waals surface area contributed by atoms with Gasteiger partial charge < -0.3 is 14.6 Å². The number of carbonyl (C=O) groups excluding carboxylic acids is 1. The van der Waals surface area contributed by atoms with E-state index in [1.165, 1.54) is 17.3 Å². The molecule has 170 valence electrons. The summed E-state index contributed by atoms with van der Waals surface area (Å²) in [5.74, 6) is 1.91. The summed E-state index contributed by atoms with van der Waals surface area (Å²) in [5, 5.41) is 12.9. The summed E-state index contributed by atoms with van der Waals surface area (Å²) in [7, 11) is 0. The molecule has 1 amide bonds. The Hall–Kier alpha value is -2.22. The molecule has 0 saturated carbocycles. The molecule has 6 nitrogen and oxygen atoms in total. The van der Waals surface area contributed by atoms with Gasteiger partial charge in [0.05, 0.1) is 16.5 Å². The van der Waals surface area contributed by atoms with Crippen molar-refractivity contribution in [2.24, 2.45) is 0 Å². The van der Waals surface area contributed by atoms with Gasteiger partial charge in [0.15, 0.2) is 17.1 Å². The van der Waals surface area contributed by atoms with Gasteiger partial charge in [-0.05, 0) is 55.7 Å². The lowest BCUT2D eigenvalue weighted by Gasteiger charge is -2.16. The molecule has 3 aromatic rings.